The zero-order valence-corrected chi connectivity index (χ0v) is 20.8. The number of amides is 2. The van der Waals surface area contributed by atoms with Crippen molar-refractivity contribution in [3.8, 4) is 5.75 Å². The van der Waals surface area contributed by atoms with Crippen molar-refractivity contribution >= 4 is 52.1 Å². The summed E-state index contributed by atoms with van der Waals surface area (Å²) in [5, 5.41) is 3.97. The van der Waals surface area contributed by atoms with E-state index in [0.717, 1.165) is 64.2 Å². The lowest BCUT2D eigenvalue weighted by Gasteiger charge is -2.34. The Morgan fingerprint density at radius 2 is 2.03 bits per heavy atom. The Labute approximate surface area is 213 Å². The second-order valence-electron chi connectivity index (χ2n) is 9.63. The quantitative estimate of drug-likeness (QED) is 0.480. The van der Waals surface area contributed by atoms with Gasteiger partial charge in [-0.3, -0.25) is 14.7 Å². The lowest BCUT2D eigenvalue weighted by atomic mass is 9.78. The third-order valence-electron chi connectivity index (χ3n) is 7.35. The Hall–Kier alpha value is -3.52. The van der Waals surface area contributed by atoms with Gasteiger partial charge in [0.05, 0.1) is 30.6 Å². The molecule has 7 nitrogen and oxygen atoms in total. The van der Waals surface area contributed by atoms with Crippen molar-refractivity contribution in [2.75, 3.05) is 29.6 Å². The van der Waals surface area contributed by atoms with E-state index in [4.69, 9.17) is 9.47 Å². The lowest BCUT2D eigenvalue weighted by molar-refractivity contribution is -0.113. The number of pyridine rings is 1. The van der Waals surface area contributed by atoms with E-state index >= 15 is 0 Å². The number of benzene rings is 2. The molecule has 2 aliphatic heterocycles. The van der Waals surface area contributed by atoms with Crippen LogP contribution >= 0.6 is 11.8 Å². The zero-order chi connectivity index (χ0) is 24.7. The molecule has 1 aromatic heterocycles. The molecule has 184 valence electrons. The third-order valence-corrected chi connectivity index (χ3v) is 8.42. The number of rotatable bonds is 4. The summed E-state index contributed by atoms with van der Waals surface area (Å²) >= 11 is 1.51. The number of thioether (sulfide) groups is 1. The summed E-state index contributed by atoms with van der Waals surface area (Å²) in [4.78, 5) is 31.8. The van der Waals surface area contributed by atoms with E-state index in [9.17, 15) is 9.59 Å². The number of hydrogen-bond donors (Lipinski definition) is 1. The molecule has 2 aromatic carbocycles. The summed E-state index contributed by atoms with van der Waals surface area (Å²) in [7, 11) is 1.67. The van der Waals surface area contributed by atoms with Crippen molar-refractivity contribution in [2.45, 2.75) is 36.2 Å². The number of anilines is 2. The van der Waals surface area contributed by atoms with Gasteiger partial charge in [-0.2, -0.15) is 0 Å². The number of ether oxygens (including phenoxy) is 2. The van der Waals surface area contributed by atoms with Crippen LogP contribution in [-0.2, 0) is 9.53 Å². The van der Waals surface area contributed by atoms with Crippen molar-refractivity contribution in [1.29, 1.82) is 0 Å². The van der Waals surface area contributed by atoms with Gasteiger partial charge in [0.1, 0.15) is 11.4 Å². The molecule has 0 radical (unpaired) electrons. The molecular weight excluding hydrogens is 474 g/mol. The molecule has 1 saturated heterocycles. The predicted molar refractivity (Wildman–Crippen MR) is 142 cm³/mol. The van der Waals surface area contributed by atoms with Crippen LogP contribution in [0.4, 0.5) is 16.2 Å². The van der Waals surface area contributed by atoms with Crippen molar-refractivity contribution in [3.63, 3.8) is 0 Å². The lowest BCUT2D eigenvalue weighted by Crippen LogP contribution is -2.38. The summed E-state index contributed by atoms with van der Waals surface area (Å²) < 4.78 is 11.4. The molecule has 1 N–H and O–H groups in total. The highest BCUT2D eigenvalue weighted by molar-refractivity contribution is 8.00. The molecule has 0 atom stereocenters. The molecule has 3 heterocycles. The number of methoxy groups -OCH3 is 1. The molecule has 3 aromatic rings. The predicted octanol–water partition coefficient (Wildman–Crippen LogP) is 5.89. The van der Waals surface area contributed by atoms with E-state index in [2.05, 4.69) is 22.5 Å². The van der Waals surface area contributed by atoms with Crippen molar-refractivity contribution in [3.05, 3.63) is 60.3 Å². The molecule has 36 heavy (non-hydrogen) atoms. The summed E-state index contributed by atoms with van der Waals surface area (Å²) in [6.45, 7) is 0.539. The summed E-state index contributed by atoms with van der Waals surface area (Å²) in [6.07, 6.45) is 9.55. The molecule has 3 aliphatic rings. The fourth-order valence-corrected chi connectivity index (χ4v) is 6.13. The minimum Gasteiger partial charge on any atom is -0.497 e. The summed E-state index contributed by atoms with van der Waals surface area (Å²) in [5.74, 6) is 1.64. The first-order valence-corrected chi connectivity index (χ1v) is 13.2. The Kier molecular flexibility index (Phi) is 5.84. The molecule has 2 fully saturated rings. The van der Waals surface area contributed by atoms with Crippen LogP contribution < -0.4 is 15.0 Å². The number of aromatic nitrogens is 1. The Bertz CT molecular complexity index is 1380. The van der Waals surface area contributed by atoms with E-state index in [1.807, 2.05) is 48.7 Å². The number of nitrogens with zero attached hydrogens (tertiary/aromatic N) is 2. The van der Waals surface area contributed by atoms with E-state index in [-0.39, 0.29) is 12.0 Å². The average Bonchev–Trinajstić information content (AvgIpc) is 3.23. The summed E-state index contributed by atoms with van der Waals surface area (Å²) in [6, 6.07) is 13.7. The van der Waals surface area contributed by atoms with Crippen molar-refractivity contribution in [1.82, 2.24) is 4.98 Å². The molecule has 2 amide bonds. The van der Waals surface area contributed by atoms with Crippen LogP contribution in [0, 0.1) is 5.92 Å². The highest BCUT2D eigenvalue weighted by Gasteiger charge is 2.47. The maximum Gasteiger partial charge on any atom is 0.415 e. The molecule has 0 bridgehead atoms. The van der Waals surface area contributed by atoms with Crippen LogP contribution in [0.15, 0.2) is 59.6 Å². The molecule has 1 spiro atoms. The number of fused-ring (bicyclic) bond motifs is 2. The fourth-order valence-electron chi connectivity index (χ4n) is 5.34. The number of carbonyl (C=O) groups excluding carboxylic acids is 2. The summed E-state index contributed by atoms with van der Waals surface area (Å²) in [5.41, 5.74) is 3.14. The van der Waals surface area contributed by atoms with Gasteiger partial charge in [-0.25, -0.2) is 4.79 Å². The SMILES string of the molecule is COc1ccc2nccc(/C=C/[C@H]3CC[C@]4(CC3)CN(c3ccc5c(c3)NC(=O)CS5)C(=O)O4)c2c1. The van der Waals surface area contributed by atoms with Gasteiger partial charge < -0.3 is 14.8 Å². The highest BCUT2D eigenvalue weighted by atomic mass is 32.2. The van der Waals surface area contributed by atoms with Crippen LogP contribution in [0.3, 0.4) is 0 Å². The Morgan fingerprint density at radius 1 is 1.17 bits per heavy atom. The normalized spacial score (nSPS) is 23.7. The highest BCUT2D eigenvalue weighted by Crippen LogP contribution is 2.43. The van der Waals surface area contributed by atoms with Crippen molar-refractivity contribution in [2.24, 2.45) is 5.92 Å². The van der Waals surface area contributed by atoms with Crippen LogP contribution in [0.1, 0.15) is 31.2 Å². The van der Waals surface area contributed by atoms with Crippen LogP contribution in [-0.4, -0.2) is 42.0 Å². The van der Waals surface area contributed by atoms with Gasteiger partial charge >= 0.3 is 6.09 Å². The van der Waals surface area contributed by atoms with Gasteiger partial charge in [0.15, 0.2) is 0 Å². The first-order chi connectivity index (χ1) is 17.5. The van der Waals surface area contributed by atoms with Gasteiger partial charge in [0, 0.05) is 22.2 Å². The molecule has 0 unspecified atom stereocenters. The number of hydrogen-bond acceptors (Lipinski definition) is 6. The minimum absolute atomic E-state index is 0.0182. The van der Waals surface area contributed by atoms with Gasteiger partial charge in [-0.05, 0) is 79.6 Å². The molecule has 1 saturated carbocycles. The molecular formula is C28H27N3O4S. The van der Waals surface area contributed by atoms with Crippen molar-refractivity contribution < 1.29 is 19.1 Å². The van der Waals surface area contributed by atoms with E-state index in [1.54, 1.807) is 12.0 Å². The smallest absolute Gasteiger partial charge is 0.415 e. The largest absolute Gasteiger partial charge is 0.497 e. The van der Waals surface area contributed by atoms with Gasteiger partial charge in [-0.15, -0.1) is 11.8 Å². The number of nitrogens with one attached hydrogen (secondary N) is 1. The number of allylic oxidation sites excluding steroid dienone is 1. The third kappa shape index (κ3) is 4.30. The second-order valence-corrected chi connectivity index (χ2v) is 10.7. The molecule has 1 aliphatic carbocycles. The maximum absolute atomic E-state index is 12.8. The van der Waals surface area contributed by atoms with E-state index < -0.39 is 5.60 Å². The van der Waals surface area contributed by atoms with E-state index in [0.29, 0.717) is 18.2 Å². The molecule has 8 heteroatoms. The Balaban J connectivity index is 1.13. The number of carbonyl (C=O) groups is 2. The first-order valence-electron chi connectivity index (χ1n) is 12.2. The van der Waals surface area contributed by atoms with E-state index in [1.165, 1.54) is 11.8 Å². The van der Waals surface area contributed by atoms with Crippen LogP contribution in [0.25, 0.3) is 17.0 Å². The standard InChI is InChI=1S/C28H27N3O4S/c1-34-21-5-6-23-22(15-21)19(10-13-29-23)3-2-18-8-11-28(12-9-18)17-31(27(33)35-28)20-4-7-25-24(14-20)30-26(32)16-36-25/h2-7,10,13-15,18H,8-9,11-12,16-17H2,1H3,(H,30,32)/b3-2+/t18-,28-. The zero-order valence-electron chi connectivity index (χ0n) is 20.0. The second kappa shape index (κ2) is 9.17. The topological polar surface area (TPSA) is 80.8 Å². The fraction of sp³-hybridized carbons (Fsp3) is 0.321. The Morgan fingerprint density at radius 3 is 2.86 bits per heavy atom. The maximum atomic E-state index is 12.8. The van der Waals surface area contributed by atoms with Crippen LogP contribution in [0.5, 0.6) is 5.75 Å². The van der Waals surface area contributed by atoms with Gasteiger partial charge in [0.25, 0.3) is 0 Å². The van der Waals surface area contributed by atoms with Crippen LogP contribution in [0.2, 0.25) is 0 Å². The van der Waals surface area contributed by atoms with Gasteiger partial charge in [0.2, 0.25) is 5.91 Å². The van der Waals surface area contributed by atoms with Gasteiger partial charge in [-0.1, -0.05) is 12.2 Å². The minimum atomic E-state index is -0.452. The first kappa shape index (κ1) is 22.9. The molecule has 6 rings (SSSR count). The monoisotopic (exact) mass is 501 g/mol. The average molecular weight is 502 g/mol.